The molecule has 4 rings (SSSR count). The maximum atomic E-state index is 12.5. The molecule has 0 bridgehead atoms. The summed E-state index contributed by atoms with van der Waals surface area (Å²) < 4.78 is 106. The summed E-state index contributed by atoms with van der Waals surface area (Å²) in [6.45, 7) is 38.3. The van der Waals surface area contributed by atoms with E-state index in [0.29, 0.717) is 130 Å². The summed E-state index contributed by atoms with van der Waals surface area (Å²) in [5.74, 6) is 5.47. The highest BCUT2D eigenvalue weighted by Crippen LogP contribution is 2.30. The zero-order chi connectivity index (χ0) is 75.5. The van der Waals surface area contributed by atoms with E-state index in [-0.39, 0.29) is 56.4 Å². The zero-order valence-electron chi connectivity index (χ0n) is 65.0. The molecule has 0 radical (unpaired) electrons. The molecule has 0 aliphatic heterocycles. The fraction of sp³-hybridized carbons (Fsp3) is 0.694. The quantitative estimate of drug-likeness (QED) is 0.0276. The number of pyridine rings is 4. The van der Waals surface area contributed by atoms with Crippen molar-refractivity contribution < 1.29 is 74.3 Å². The largest absolute Gasteiger partial charge is 0.488 e. The first kappa shape index (κ1) is 96.9. The first-order valence-corrected chi connectivity index (χ1v) is 37.2. The normalized spacial score (nSPS) is 13.1. The van der Waals surface area contributed by atoms with Crippen LogP contribution < -0.4 is 53.5 Å². The summed E-state index contributed by atoms with van der Waals surface area (Å²) in [5.41, 5.74) is 10.8. The monoisotopic (exact) mass is 1490 g/mol. The molecule has 0 aliphatic carbocycles. The molecule has 0 aliphatic rings. The number of ether oxygens (including phenoxy) is 12. The minimum atomic E-state index is -1.28. The highest BCUT2D eigenvalue weighted by Gasteiger charge is 2.26. The minimum absolute atomic E-state index is 0. The number of carbonyl (C=O) groups excluding carboxylic acids is 1. The van der Waals surface area contributed by atoms with Crippen LogP contribution in [0.25, 0.3) is 0 Å². The first-order valence-electron chi connectivity index (χ1n) is 33.7. The van der Waals surface area contributed by atoms with Gasteiger partial charge in [-0.1, -0.05) is 55.4 Å². The van der Waals surface area contributed by atoms with Gasteiger partial charge in [0.05, 0.1) is 91.1 Å². The molecule has 5 atom stereocenters. The number of hydrogen-bond acceptors (Lipinski definition) is 21. The summed E-state index contributed by atoms with van der Waals surface area (Å²) in [6.07, 6.45) is 12.6. The highest BCUT2D eigenvalue weighted by atomic mass is 35.5. The van der Waals surface area contributed by atoms with Gasteiger partial charge in [0.15, 0.2) is 23.0 Å². The highest BCUT2D eigenvalue weighted by molar-refractivity contribution is 7.85. The van der Waals surface area contributed by atoms with Crippen LogP contribution in [0.1, 0.15) is 166 Å². The molecule has 576 valence electrons. The van der Waals surface area contributed by atoms with E-state index in [0.717, 1.165) is 60.1 Å². The summed E-state index contributed by atoms with van der Waals surface area (Å²) in [7, 11) is 9.36. The van der Waals surface area contributed by atoms with Crippen molar-refractivity contribution in [3.8, 4) is 46.5 Å². The van der Waals surface area contributed by atoms with E-state index >= 15 is 0 Å². The minimum Gasteiger partial charge on any atom is -0.488 e. The second-order valence-corrected chi connectivity index (χ2v) is 33.1. The number of halogens is 1. The molecular weight excluding hydrogens is 1360 g/mol. The molecule has 28 heteroatoms. The molecule has 0 unspecified atom stereocenters. The topological polar surface area (TPSA) is 307 Å². The van der Waals surface area contributed by atoms with E-state index in [9.17, 15) is 17.4 Å². The van der Waals surface area contributed by atoms with Crippen LogP contribution in [-0.2, 0) is 82.4 Å². The Morgan fingerprint density at radius 1 is 0.470 bits per heavy atom. The fourth-order valence-corrected chi connectivity index (χ4v) is 9.31. The Bertz CT molecular complexity index is 2980. The average molecular weight is 1490 g/mol. The lowest BCUT2D eigenvalue weighted by Gasteiger charge is -2.27. The van der Waals surface area contributed by atoms with Gasteiger partial charge in [0, 0.05) is 142 Å². The lowest BCUT2D eigenvalue weighted by Crippen LogP contribution is -2.43. The number of methoxy groups -OCH3 is 8. The Labute approximate surface area is 614 Å². The van der Waals surface area contributed by atoms with E-state index in [4.69, 9.17) is 67.7 Å². The molecule has 4 heterocycles. The van der Waals surface area contributed by atoms with Crippen LogP contribution >= 0.6 is 12.4 Å². The molecule has 24 nitrogen and oxygen atoms in total. The molecule has 0 spiro atoms. The number of Topliss-reactive ketones (excluding diaryl/α,β-unsaturated/α-hetero) is 1. The van der Waals surface area contributed by atoms with Crippen LogP contribution in [0.5, 0.6) is 46.5 Å². The number of nitrogens with zero attached hydrogens (tertiary/aromatic N) is 5. The third kappa shape index (κ3) is 41.8. The van der Waals surface area contributed by atoms with Crippen molar-refractivity contribution in [3.63, 3.8) is 0 Å². The maximum Gasteiger partial charge on any atom is 0.256 e. The number of hydrogen-bond donors (Lipinski definition) is 3. The van der Waals surface area contributed by atoms with Crippen LogP contribution in [-0.4, -0.2) is 180 Å². The van der Waals surface area contributed by atoms with Crippen molar-refractivity contribution in [1.82, 2.24) is 24.7 Å². The predicted molar refractivity (Wildman–Crippen MR) is 408 cm³/mol. The van der Waals surface area contributed by atoms with Crippen molar-refractivity contribution >= 4 is 56.9 Å². The molecule has 4 aromatic heterocycles. The number of nitrogens with two attached hydrogens (primary N) is 2. The van der Waals surface area contributed by atoms with Gasteiger partial charge >= 0.3 is 0 Å². The molecule has 4 aromatic rings. The van der Waals surface area contributed by atoms with Crippen LogP contribution in [0.15, 0.2) is 53.5 Å². The van der Waals surface area contributed by atoms with Crippen molar-refractivity contribution in [2.75, 3.05) is 110 Å². The van der Waals surface area contributed by atoms with Gasteiger partial charge in [0.25, 0.3) is 23.5 Å². The van der Waals surface area contributed by atoms with E-state index < -0.39 is 33.0 Å². The number of ketones is 1. The molecule has 0 saturated heterocycles. The van der Waals surface area contributed by atoms with Gasteiger partial charge in [-0.2, -0.15) is 4.40 Å². The van der Waals surface area contributed by atoms with E-state index in [1.165, 1.54) is 0 Å². The van der Waals surface area contributed by atoms with Crippen molar-refractivity contribution in [2.24, 2.45) is 38.9 Å². The number of nitrogens with one attached hydrogen (secondary N) is 1. The predicted octanol–water partition coefficient (Wildman–Crippen LogP) is 11.9. The van der Waals surface area contributed by atoms with Crippen LogP contribution in [0.3, 0.4) is 0 Å². The molecule has 0 fully saturated rings. The third-order valence-corrected chi connectivity index (χ3v) is 18.4. The van der Waals surface area contributed by atoms with Crippen LogP contribution in [0.2, 0.25) is 0 Å². The summed E-state index contributed by atoms with van der Waals surface area (Å²) in [5, 5.41) is 5.04. The Hall–Kier alpha value is -5.20. The number of rotatable bonds is 39. The summed E-state index contributed by atoms with van der Waals surface area (Å²) >= 11 is 0. The Morgan fingerprint density at radius 3 is 1.06 bits per heavy atom. The molecule has 0 aromatic carbocycles. The van der Waals surface area contributed by atoms with Crippen molar-refractivity contribution in [3.05, 3.63) is 71.3 Å². The Morgan fingerprint density at radius 2 is 0.790 bits per heavy atom. The lowest BCUT2D eigenvalue weighted by molar-refractivity contribution is -0.121. The van der Waals surface area contributed by atoms with E-state index in [2.05, 4.69) is 70.6 Å². The maximum absolute atomic E-state index is 12.5. The van der Waals surface area contributed by atoms with Gasteiger partial charge in [-0.05, 0) is 139 Å². The van der Waals surface area contributed by atoms with Crippen LogP contribution in [0, 0.1) is 23.7 Å². The average Bonchev–Trinajstić information content (AvgIpc) is 0.853. The fourth-order valence-electron chi connectivity index (χ4n) is 7.56. The van der Waals surface area contributed by atoms with Gasteiger partial charge in [0.2, 0.25) is 0 Å². The van der Waals surface area contributed by atoms with Gasteiger partial charge in [0.1, 0.15) is 16.8 Å². The molecule has 0 amide bonds. The van der Waals surface area contributed by atoms with E-state index in [1.807, 2.05) is 100 Å². The Kier molecular flexibility index (Phi) is 51.0. The third-order valence-electron chi connectivity index (χ3n) is 14.1. The van der Waals surface area contributed by atoms with Gasteiger partial charge in [-0.25, -0.2) is 37.3 Å². The number of aromatic nitrogens is 4. The standard InChI is InChI=1S/C19H34N2O4S.C19H32N2O4S.C15H26N2O3.C15H23NO4.C4H11NOS.ClH/c2*1-14(2)16(21-26(22)19(3,4)5)11-15-12-17(18(24-7)20-13-15)25-10-8-9-23-6;1-11(2)13(16)8-12-9-14(15(19-4)17-10-12)20-7-5-6-18-3;1-11(2)13(17)8-12-9-14(15(19-4)16-10-12)20-7-5-6-18-3;1-4(2,3)7(5)6;/h12-14,16,21H,8-11H2,1-7H3;12-14H,8-11H2,1-7H3;9-11,13H,5-8,16H2,1-4H3;9-11H,5-8H2,1-4H3;5H2,1-3H3;1H/t16-,26+;26-;13-;;7-;/m010.1./s1. The van der Waals surface area contributed by atoms with Crippen molar-refractivity contribution in [2.45, 2.75) is 195 Å². The second kappa shape index (κ2) is 52.7. The zero-order valence-corrected chi connectivity index (χ0v) is 68.2. The van der Waals surface area contributed by atoms with Gasteiger partial charge in [-0.15, -0.1) is 12.4 Å². The van der Waals surface area contributed by atoms with Gasteiger partial charge < -0.3 is 62.6 Å². The summed E-state index contributed by atoms with van der Waals surface area (Å²) in [4.78, 5) is 28.9. The second-order valence-electron chi connectivity index (χ2n) is 27.3. The molecule has 100 heavy (non-hydrogen) atoms. The molecular formula is C72H127ClN8O16S3. The summed E-state index contributed by atoms with van der Waals surface area (Å²) in [6, 6.07) is 7.84. The Balaban J connectivity index is 0. The lowest BCUT2D eigenvalue weighted by atomic mass is 9.98. The number of carbonyl (C=O) groups is 1. The molecule has 0 saturated carbocycles. The smallest absolute Gasteiger partial charge is 0.256 e. The SMILES string of the molecule is CC(C)(C)[S@](N)=O.COCCCOc1cc(CC(=N[S@](=O)C(C)(C)C)C(C)C)cnc1OC.COCCCOc1cc(CC(=O)C(C)C)cnc1OC.COCCCOc1cc(C[C@H](N)C(C)C)cnc1OC.COCCCOc1cc(C[C@H](N[S@](=O)C(C)(C)C)C(C)C)cnc1OC.Cl. The molecule has 5 N–H and O–H groups in total. The van der Waals surface area contributed by atoms with Crippen LogP contribution in [0.4, 0.5) is 0 Å². The van der Waals surface area contributed by atoms with Gasteiger partial charge in [-0.3, -0.25) is 9.93 Å². The van der Waals surface area contributed by atoms with Crippen molar-refractivity contribution in [1.29, 1.82) is 0 Å². The van der Waals surface area contributed by atoms with E-state index in [1.54, 1.807) is 81.7 Å². The first-order chi connectivity index (χ1) is 46.5.